The topological polar surface area (TPSA) is 75.5 Å². The summed E-state index contributed by atoms with van der Waals surface area (Å²) >= 11 is 0. The fraction of sp³-hybridized carbons (Fsp3) is 0.533. The highest BCUT2D eigenvalue weighted by molar-refractivity contribution is 5.99. The fourth-order valence-electron chi connectivity index (χ4n) is 2.70. The number of nitrogens with zero attached hydrogens (tertiary/aromatic N) is 2. The van der Waals surface area contributed by atoms with Crippen molar-refractivity contribution in [2.75, 3.05) is 25.0 Å². The van der Waals surface area contributed by atoms with Crippen LogP contribution in [0.2, 0.25) is 0 Å². The molecule has 0 saturated carbocycles. The second-order valence-corrected chi connectivity index (χ2v) is 5.33. The molecule has 1 fully saturated rings. The Morgan fingerprint density at radius 3 is 2.81 bits per heavy atom. The molecule has 6 nitrogen and oxygen atoms in total. The van der Waals surface area contributed by atoms with Gasteiger partial charge in [-0.05, 0) is 31.4 Å². The van der Waals surface area contributed by atoms with Crippen LogP contribution in [0.4, 0.5) is 11.4 Å². The summed E-state index contributed by atoms with van der Waals surface area (Å²) in [7, 11) is 0. The van der Waals surface area contributed by atoms with Gasteiger partial charge in [0.2, 0.25) is 0 Å². The van der Waals surface area contributed by atoms with Crippen molar-refractivity contribution in [2.45, 2.75) is 26.7 Å². The first kappa shape index (κ1) is 15.3. The first-order valence-corrected chi connectivity index (χ1v) is 7.38. The van der Waals surface area contributed by atoms with Gasteiger partial charge in [0.15, 0.2) is 0 Å². The number of anilines is 1. The number of hydrogen-bond acceptors (Lipinski definition) is 4. The van der Waals surface area contributed by atoms with Gasteiger partial charge in [-0.15, -0.1) is 0 Å². The Morgan fingerprint density at radius 2 is 2.24 bits per heavy atom. The van der Waals surface area contributed by atoms with Gasteiger partial charge in [0.25, 0.3) is 11.6 Å². The molecule has 0 aliphatic carbocycles. The first-order valence-electron chi connectivity index (χ1n) is 7.38. The standard InChI is InChI=1S/C15H21N3O3/c1-3-11-7-8-17(10-11)15(19)13-9-12(16-4-2)5-6-14(13)18(20)21/h5-6,9,11,16H,3-4,7-8,10H2,1-2H3. The molecule has 2 rings (SSSR count). The Balaban J connectivity index is 2.29. The minimum Gasteiger partial charge on any atom is -0.385 e. The number of rotatable bonds is 5. The summed E-state index contributed by atoms with van der Waals surface area (Å²) in [5.74, 6) is 0.266. The van der Waals surface area contributed by atoms with Crippen LogP contribution in [0.25, 0.3) is 0 Å². The molecule has 1 atom stereocenters. The second-order valence-electron chi connectivity index (χ2n) is 5.33. The highest BCUT2D eigenvalue weighted by Crippen LogP contribution is 2.27. The molecule has 1 saturated heterocycles. The predicted molar refractivity (Wildman–Crippen MR) is 81.6 cm³/mol. The maximum absolute atomic E-state index is 12.6. The third-order valence-corrected chi connectivity index (χ3v) is 3.95. The van der Waals surface area contributed by atoms with Crippen molar-refractivity contribution in [1.29, 1.82) is 0 Å². The summed E-state index contributed by atoms with van der Waals surface area (Å²) < 4.78 is 0. The van der Waals surface area contributed by atoms with Crippen LogP contribution in [-0.4, -0.2) is 35.4 Å². The van der Waals surface area contributed by atoms with Crippen LogP contribution < -0.4 is 5.32 Å². The molecule has 1 aliphatic rings. The SMILES string of the molecule is CCNc1ccc([N+](=O)[O-])c(C(=O)N2CCC(CC)C2)c1. The van der Waals surface area contributed by atoms with Crippen molar-refractivity contribution < 1.29 is 9.72 Å². The summed E-state index contributed by atoms with van der Waals surface area (Å²) in [6, 6.07) is 4.62. The van der Waals surface area contributed by atoms with Gasteiger partial charge in [0.05, 0.1) is 4.92 Å². The third kappa shape index (κ3) is 3.32. The van der Waals surface area contributed by atoms with E-state index < -0.39 is 4.92 Å². The van der Waals surface area contributed by atoms with Crippen molar-refractivity contribution in [3.63, 3.8) is 0 Å². The highest BCUT2D eigenvalue weighted by Gasteiger charge is 2.30. The molecule has 0 radical (unpaired) electrons. The number of amides is 1. The van der Waals surface area contributed by atoms with Crippen LogP contribution >= 0.6 is 0 Å². The number of carbonyl (C=O) groups excluding carboxylic acids is 1. The highest BCUT2D eigenvalue weighted by atomic mass is 16.6. The van der Waals surface area contributed by atoms with E-state index in [0.29, 0.717) is 25.6 Å². The molecule has 0 aromatic heterocycles. The number of hydrogen-bond donors (Lipinski definition) is 1. The number of nitrogens with one attached hydrogen (secondary N) is 1. The van der Waals surface area contributed by atoms with Gasteiger partial charge in [0, 0.05) is 31.4 Å². The predicted octanol–water partition coefficient (Wildman–Crippen LogP) is 2.90. The minimum absolute atomic E-state index is 0.124. The molecule has 1 heterocycles. The van der Waals surface area contributed by atoms with Crippen LogP contribution in [0.1, 0.15) is 37.0 Å². The Hall–Kier alpha value is -2.11. The first-order chi connectivity index (χ1) is 10.1. The molecular weight excluding hydrogens is 270 g/mol. The summed E-state index contributed by atoms with van der Waals surface area (Å²) in [6.45, 7) is 6.12. The number of nitro groups is 1. The largest absolute Gasteiger partial charge is 0.385 e. The Kier molecular flexibility index (Phi) is 4.77. The molecule has 0 spiro atoms. The molecule has 0 bridgehead atoms. The monoisotopic (exact) mass is 291 g/mol. The lowest BCUT2D eigenvalue weighted by Crippen LogP contribution is -2.29. The molecule has 114 valence electrons. The van der Waals surface area contributed by atoms with Crippen molar-refractivity contribution in [3.05, 3.63) is 33.9 Å². The van der Waals surface area contributed by atoms with E-state index in [1.54, 1.807) is 17.0 Å². The van der Waals surface area contributed by atoms with E-state index in [9.17, 15) is 14.9 Å². The summed E-state index contributed by atoms with van der Waals surface area (Å²) in [6.07, 6.45) is 2.01. The lowest BCUT2D eigenvalue weighted by molar-refractivity contribution is -0.385. The van der Waals surface area contributed by atoms with E-state index in [1.807, 2.05) is 6.92 Å². The average Bonchev–Trinajstić information content (AvgIpc) is 2.95. The van der Waals surface area contributed by atoms with Crippen molar-refractivity contribution in [2.24, 2.45) is 5.92 Å². The summed E-state index contributed by atoms with van der Waals surface area (Å²) in [5.41, 5.74) is 0.787. The van der Waals surface area contributed by atoms with Crippen LogP contribution in [0.15, 0.2) is 18.2 Å². The number of nitro benzene ring substituents is 1. The molecular formula is C15H21N3O3. The number of likely N-dealkylation sites (tertiary alicyclic amines) is 1. The van der Waals surface area contributed by atoms with Gasteiger partial charge in [-0.3, -0.25) is 14.9 Å². The quantitative estimate of drug-likeness (QED) is 0.668. The molecule has 1 aromatic carbocycles. The van der Waals surface area contributed by atoms with Gasteiger partial charge in [-0.2, -0.15) is 0 Å². The zero-order valence-electron chi connectivity index (χ0n) is 12.5. The maximum atomic E-state index is 12.6. The summed E-state index contributed by atoms with van der Waals surface area (Å²) in [4.78, 5) is 25.0. The third-order valence-electron chi connectivity index (χ3n) is 3.95. The summed E-state index contributed by atoms with van der Waals surface area (Å²) in [5, 5.41) is 14.2. The molecule has 1 unspecified atom stereocenters. The second kappa shape index (κ2) is 6.56. The van der Waals surface area contributed by atoms with Crippen LogP contribution in [-0.2, 0) is 0 Å². The minimum atomic E-state index is -0.490. The van der Waals surface area contributed by atoms with Gasteiger partial charge in [-0.1, -0.05) is 13.3 Å². The Morgan fingerprint density at radius 1 is 1.48 bits per heavy atom. The van der Waals surface area contributed by atoms with Crippen molar-refractivity contribution in [1.82, 2.24) is 4.90 Å². The molecule has 21 heavy (non-hydrogen) atoms. The molecule has 1 amide bonds. The molecule has 1 N–H and O–H groups in total. The fourth-order valence-corrected chi connectivity index (χ4v) is 2.70. The van der Waals surface area contributed by atoms with E-state index in [4.69, 9.17) is 0 Å². The van der Waals surface area contributed by atoms with Gasteiger partial charge < -0.3 is 10.2 Å². The van der Waals surface area contributed by atoms with E-state index in [2.05, 4.69) is 12.2 Å². The number of benzene rings is 1. The molecule has 6 heteroatoms. The smallest absolute Gasteiger partial charge is 0.282 e. The van der Waals surface area contributed by atoms with Crippen LogP contribution in [0.3, 0.4) is 0 Å². The van der Waals surface area contributed by atoms with E-state index in [1.165, 1.54) is 6.07 Å². The van der Waals surface area contributed by atoms with Crippen molar-refractivity contribution >= 4 is 17.3 Å². The van der Waals surface area contributed by atoms with Gasteiger partial charge in [-0.25, -0.2) is 0 Å². The maximum Gasteiger partial charge on any atom is 0.282 e. The Labute approximate surface area is 124 Å². The zero-order valence-corrected chi connectivity index (χ0v) is 12.5. The zero-order chi connectivity index (χ0) is 15.4. The van der Waals surface area contributed by atoms with E-state index >= 15 is 0 Å². The Bertz CT molecular complexity index is 545. The van der Waals surface area contributed by atoms with Crippen LogP contribution in [0.5, 0.6) is 0 Å². The lowest BCUT2D eigenvalue weighted by Gasteiger charge is -2.17. The molecule has 1 aliphatic heterocycles. The van der Waals surface area contributed by atoms with Crippen LogP contribution in [0, 0.1) is 16.0 Å². The van der Waals surface area contributed by atoms with Gasteiger partial charge in [0.1, 0.15) is 5.56 Å². The number of carbonyl (C=O) groups is 1. The van der Waals surface area contributed by atoms with E-state index in [-0.39, 0.29) is 17.2 Å². The van der Waals surface area contributed by atoms with Crippen molar-refractivity contribution in [3.8, 4) is 0 Å². The molecule has 1 aromatic rings. The normalized spacial score (nSPS) is 17.8. The average molecular weight is 291 g/mol. The lowest BCUT2D eigenvalue weighted by atomic mass is 10.1. The van der Waals surface area contributed by atoms with Gasteiger partial charge >= 0.3 is 0 Å². The van der Waals surface area contributed by atoms with E-state index in [0.717, 1.165) is 18.5 Å².